The molecule has 0 radical (unpaired) electrons. The lowest BCUT2D eigenvalue weighted by molar-refractivity contribution is 0.382. The Labute approximate surface area is 112 Å². The van der Waals surface area contributed by atoms with E-state index in [0.29, 0.717) is 6.04 Å². The van der Waals surface area contributed by atoms with Crippen molar-refractivity contribution in [3.05, 3.63) is 35.9 Å². The molecule has 1 aromatic carbocycles. The topological polar surface area (TPSA) is 12.0 Å². The second-order valence-electron chi connectivity index (χ2n) is 6.53. The van der Waals surface area contributed by atoms with Crippen LogP contribution in [-0.4, -0.2) is 12.1 Å². The van der Waals surface area contributed by atoms with Gasteiger partial charge in [-0.25, -0.2) is 0 Å². The molecule has 100 valence electrons. The molecular weight excluding hydrogens is 218 g/mol. The van der Waals surface area contributed by atoms with E-state index < -0.39 is 0 Å². The van der Waals surface area contributed by atoms with Crippen molar-refractivity contribution in [1.82, 2.24) is 5.32 Å². The van der Waals surface area contributed by atoms with Gasteiger partial charge in [-0.1, -0.05) is 57.5 Å². The van der Waals surface area contributed by atoms with Crippen LogP contribution >= 0.6 is 0 Å². The molecule has 2 rings (SSSR count). The van der Waals surface area contributed by atoms with E-state index >= 15 is 0 Å². The molecule has 3 unspecified atom stereocenters. The molecule has 0 saturated heterocycles. The van der Waals surface area contributed by atoms with Crippen LogP contribution in [0.5, 0.6) is 0 Å². The Balaban J connectivity index is 1.88. The molecule has 0 heterocycles. The Morgan fingerprint density at radius 2 is 1.94 bits per heavy atom. The van der Waals surface area contributed by atoms with E-state index in [4.69, 9.17) is 0 Å². The molecule has 1 heteroatoms. The maximum absolute atomic E-state index is 3.78. The first-order valence-electron chi connectivity index (χ1n) is 7.34. The zero-order chi connectivity index (χ0) is 13.2. The van der Waals surface area contributed by atoms with Gasteiger partial charge in [-0.2, -0.15) is 0 Å². The van der Waals surface area contributed by atoms with Gasteiger partial charge >= 0.3 is 0 Å². The molecule has 1 aliphatic carbocycles. The summed E-state index contributed by atoms with van der Waals surface area (Å²) in [6.07, 6.45) is 3.91. The van der Waals surface area contributed by atoms with Gasteiger partial charge < -0.3 is 5.32 Å². The highest BCUT2D eigenvalue weighted by Gasteiger charge is 2.36. The predicted molar refractivity (Wildman–Crippen MR) is 78.9 cm³/mol. The second-order valence-corrected chi connectivity index (χ2v) is 6.53. The van der Waals surface area contributed by atoms with Gasteiger partial charge in [-0.05, 0) is 36.7 Å². The minimum Gasteiger partial charge on any atom is -0.311 e. The average Bonchev–Trinajstić information content (AvgIpc) is 3.07. The molecule has 0 amide bonds. The van der Waals surface area contributed by atoms with Crippen LogP contribution in [0, 0.1) is 5.92 Å². The standard InChI is InChI=1S/C17H27N/c1-5-14-11-16(14)18-13(2)12-17(3,4)15-9-7-6-8-10-15/h6-10,13-14,16,18H,5,11-12H2,1-4H3. The number of hydrogen-bond donors (Lipinski definition) is 1. The number of rotatable bonds is 6. The Hall–Kier alpha value is -0.820. The highest BCUT2D eigenvalue weighted by atomic mass is 15.0. The molecule has 0 spiro atoms. The van der Waals surface area contributed by atoms with Crippen molar-refractivity contribution >= 4 is 0 Å². The lowest BCUT2D eigenvalue weighted by Gasteiger charge is -2.29. The van der Waals surface area contributed by atoms with E-state index in [9.17, 15) is 0 Å². The summed E-state index contributed by atoms with van der Waals surface area (Å²) in [7, 11) is 0. The van der Waals surface area contributed by atoms with Crippen molar-refractivity contribution < 1.29 is 0 Å². The fraction of sp³-hybridized carbons (Fsp3) is 0.647. The Morgan fingerprint density at radius 1 is 1.28 bits per heavy atom. The number of hydrogen-bond acceptors (Lipinski definition) is 1. The molecule has 1 nitrogen and oxygen atoms in total. The van der Waals surface area contributed by atoms with Gasteiger partial charge in [0.05, 0.1) is 0 Å². The highest BCUT2D eigenvalue weighted by Crippen LogP contribution is 2.35. The SMILES string of the molecule is CCC1CC1NC(C)CC(C)(C)c1ccccc1. The summed E-state index contributed by atoms with van der Waals surface area (Å²) in [6.45, 7) is 9.33. The fourth-order valence-electron chi connectivity index (χ4n) is 3.10. The summed E-state index contributed by atoms with van der Waals surface area (Å²) in [5.74, 6) is 0.937. The van der Waals surface area contributed by atoms with E-state index in [1.165, 1.54) is 24.8 Å². The molecule has 18 heavy (non-hydrogen) atoms. The van der Waals surface area contributed by atoms with E-state index in [1.807, 2.05) is 0 Å². The predicted octanol–water partition coefficient (Wildman–Crippen LogP) is 4.13. The fourth-order valence-corrected chi connectivity index (χ4v) is 3.10. The molecule has 3 atom stereocenters. The van der Waals surface area contributed by atoms with Crippen LogP contribution in [0.15, 0.2) is 30.3 Å². The Morgan fingerprint density at radius 3 is 2.50 bits per heavy atom. The van der Waals surface area contributed by atoms with E-state index in [2.05, 4.69) is 63.3 Å². The smallest absolute Gasteiger partial charge is 0.0101 e. The molecular formula is C17H27N. The lowest BCUT2D eigenvalue weighted by atomic mass is 9.79. The molecule has 1 fully saturated rings. The summed E-state index contributed by atoms with van der Waals surface area (Å²) in [5, 5.41) is 3.78. The van der Waals surface area contributed by atoms with E-state index in [1.54, 1.807) is 0 Å². The van der Waals surface area contributed by atoms with Crippen molar-refractivity contribution in [2.45, 2.75) is 64.5 Å². The van der Waals surface area contributed by atoms with Crippen LogP contribution in [-0.2, 0) is 5.41 Å². The van der Waals surface area contributed by atoms with Gasteiger partial charge in [0.25, 0.3) is 0 Å². The Kier molecular flexibility index (Phi) is 4.11. The van der Waals surface area contributed by atoms with Gasteiger partial charge in [-0.15, -0.1) is 0 Å². The molecule has 0 bridgehead atoms. The summed E-state index contributed by atoms with van der Waals surface area (Å²) < 4.78 is 0. The van der Waals surface area contributed by atoms with Gasteiger partial charge in [-0.3, -0.25) is 0 Å². The van der Waals surface area contributed by atoms with Crippen LogP contribution in [0.4, 0.5) is 0 Å². The van der Waals surface area contributed by atoms with Crippen LogP contribution in [0.3, 0.4) is 0 Å². The summed E-state index contributed by atoms with van der Waals surface area (Å²) in [4.78, 5) is 0. The van der Waals surface area contributed by atoms with Crippen molar-refractivity contribution in [3.63, 3.8) is 0 Å². The third kappa shape index (κ3) is 3.35. The molecule has 0 aromatic heterocycles. The van der Waals surface area contributed by atoms with Crippen molar-refractivity contribution in [3.8, 4) is 0 Å². The minimum atomic E-state index is 0.254. The lowest BCUT2D eigenvalue weighted by Crippen LogP contribution is -2.35. The number of nitrogens with one attached hydrogen (secondary N) is 1. The summed E-state index contributed by atoms with van der Waals surface area (Å²) in [6, 6.07) is 12.3. The third-order valence-electron chi connectivity index (χ3n) is 4.32. The molecule has 1 aromatic rings. The van der Waals surface area contributed by atoms with E-state index in [-0.39, 0.29) is 5.41 Å². The van der Waals surface area contributed by atoms with Crippen LogP contribution in [0.1, 0.15) is 52.5 Å². The summed E-state index contributed by atoms with van der Waals surface area (Å²) in [5.41, 5.74) is 1.70. The zero-order valence-electron chi connectivity index (χ0n) is 12.2. The third-order valence-corrected chi connectivity index (χ3v) is 4.32. The van der Waals surface area contributed by atoms with Crippen molar-refractivity contribution in [2.75, 3.05) is 0 Å². The average molecular weight is 245 g/mol. The first-order valence-corrected chi connectivity index (χ1v) is 7.34. The van der Waals surface area contributed by atoms with Gasteiger partial charge in [0.1, 0.15) is 0 Å². The van der Waals surface area contributed by atoms with Crippen LogP contribution in [0.2, 0.25) is 0 Å². The highest BCUT2D eigenvalue weighted by molar-refractivity contribution is 5.23. The molecule has 1 N–H and O–H groups in total. The normalized spacial score (nSPS) is 24.9. The first-order chi connectivity index (χ1) is 8.53. The largest absolute Gasteiger partial charge is 0.311 e. The molecule has 1 aliphatic rings. The van der Waals surface area contributed by atoms with Crippen molar-refractivity contribution in [2.24, 2.45) is 5.92 Å². The van der Waals surface area contributed by atoms with Crippen LogP contribution in [0.25, 0.3) is 0 Å². The maximum atomic E-state index is 3.78. The van der Waals surface area contributed by atoms with Gasteiger partial charge in [0, 0.05) is 12.1 Å². The molecule has 1 saturated carbocycles. The molecule has 0 aliphatic heterocycles. The Bertz CT molecular complexity index is 368. The van der Waals surface area contributed by atoms with E-state index in [0.717, 1.165) is 12.0 Å². The van der Waals surface area contributed by atoms with Crippen molar-refractivity contribution in [1.29, 1.82) is 0 Å². The maximum Gasteiger partial charge on any atom is 0.0101 e. The van der Waals surface area contributed by atoms with Crippen LogP contribution < -0.4 is 5.32 Å². The second kappa shape index (κ2) is 5.44. The monoisotopic (exact) mass is 245 g/mol. The number of benzene rings is 1. The van der Waals surface area contributed by atoms with Gasteiger partial charge in [0.2, 0.25) is 0 Å². The minimum absolute atomic E-state index is 0.254. The van der Waals surface area contributed by atoms with Gasteiger partial charge in [0.15, 0.2) is 0 Å². The summed E-state index contributed by atoms with van der Waals surface area (Å²) >= 11 is 0. The zero-order valence-corrected chi connectivity index (χ0v) is 12.2. The quantitative estimate of drug-likeness (QED) is 0.794. The first kappa shape index (κ1) is 13.6.